The molecule has 1 amide bonds. The molecular formula is C11H13N3O2. The van der Waals surface area contributed by atoms with Crippen LogP contribution in [0.25, 0.3) is 0 Å². The molecule has 0 saturated carbocycles. The Kier molecular flexibility index (Phi) is 4.28. The number of nitrogens with one attached hydrogen (secondary N) is 1. The van der Waals surface area contributed by atoms with Gasteiger partial charge in [0.2, 0.25) is 5.56 Å². The number of H-pyrrole nitrogens is 1. The van der Waals surface area contributed by atoms with Gasteiger partial charge >= 0.3 is 0 Å². The summed E-state index contributed by atoms with van der Waals surface area (Å²) in [6.45, 7) is 2.72. The van der Waals surface area contributed by atoms with Crippen molar-refractivity contribution in [3.63, 3.8) is 0 Å². The fourth-order valence-corrected chi connectivity index (χ4v) is 1.33. The summed E-state index contributed by atoms with van der Waals surface area (Å²) < 4.78 is 0. The Morgan fingerprint density at radius 3 is 2.88 bits per heavy atom. The minimum Gasteiger partial charge on any atom is -0.337 e. The van der Waals surface area contributed by atoms with Crippen LogP contribution in [0.2, 0.25) is 0 Å². The third-order valence-corrected chi connectivity index (χ3v) is 2.16. The Bertz CT molecular complexity index is 459. The molecule has 0 radical (unpaired) electrons. The first-order chi connectivity index (χ1) is 7.69. The lowest BCUT2D eigenvalue weighted by atomic mass is 10.3. The molecule has 5 nitrogen and oxygen atoms in total. The number of aromatic amines is 1. The summed E-state index contributed by atoms with van der Waals surface area (Å²) in [5, 5.41) is 8.46. The van der Waals surface area contributed by atoms with E-state index >= 15 is 0 Å². The smallest absolute Gasteiger partial charge is 0.270 e. The average molecular weight is 219 g/mol. The van der Waals surface area contributed by atoms with E-state index in [2.05, 4.69) is 4.98 Å². The van der Waals surface area contributed by atoms with E-state index in [0.717, 1.165) is 0 Å². The summed E-state index contributed by atoms with van der Waals surface area (Å²) in [4.78, 5) is 26.9. The highest BCUT2D eigenvalue weighted by Crippen LogP contribution is 2.00. The zero-order chi connectivity index (χ0) is 12.0. The molecule has 1 aromatic heterocycles. The van der Waals surface area contributed by atoms with Crippen molar-refractivity contribution < 1.29 is 4.79 Å². The van der Waals surface area contributed by atoms with Crippen LogP contribution in [0.15, 0.2) is 23.0 Å². The van der Waals surface area contributed by atoms with Gasteiger partial charge in [-0.25, -0.2) is 0 Å². The molecule has 0 spiro atoms. The lowest BCUT2D eigenvalue weighted by Gasteiger charge is -2.18. The first-order valence-corrected chi connectivity index (χ1v) is 5.04. The molecule has 16 heavy (non-hydrogen) atoms. The number of nitriles is 1. The number of hydrogen-bond donors (Lipinski definition) is 1. The molecule has 0 unspecified atom stereocenters. The maximum absolute atomic E-state index is 11.9. The Hall–Kier alpha value is -2.09. The van der Waals surface area contributed by atoms with E-state index in [1.165, 1.54) is 17.0 Å². The van der Waals surface area contributed by atoms with E-state index in [1.807, 2.05) is 13.0 Å². The lowest BCUT2D eigenvalue weighted by Crippen LogP contribution is -2.33. The minimum atomic E-state index is -0.304. The second kappa shape index (κ2) is 5.71. The molecule has 0 fully saturated rings. The van der Waals surface area contributed by atoms with Crippen molar-refractivity contribution in [2.45, 2.75) is 13.3 Å². The molecule has 0 aromatic carbocycles. The van der Waals surface area contributed by atoms with Gasteiger partial charge in [-0.2, -0.15) is 5.26 Å². The molecule has 1 heterocycles. The van der Waals surface area contributed by atoms with E-state index in [0.29, 0.717) is 13.1 Å². The zero-order valence-electron chi connectivity index (χ0n) is 9.06. The van der Waals surface area contributed by atoms with Gasteiger partial charge in [0.1, 0.15) is 5.69 Å². The summed E-state index contributed by atoms with van der Waals surface area (Å²) in [6, 6.07) is 6.42. The van der Waals surface area contributed by atoms with Crippen molar-refractivity contribution in [3.8, 4) is 6.07 Å². The lowest BCUT2D eigenvalue weighted by molar-refractivity contribution is 0.0761. The topological polar surface area (TPSA) is 77.0 Å². The van der Waals surface area contributed by atoms with Gasteiger partial charge in [0, 0.05) is 19.2 Å². The summed E-state index contributed by atoms with van der Waals surface area (Å²) in [6.07, 6.45) is 0.288. The van der Waals surface area contributed by atoms with Gasteiger partial charge in [0.05, 0.1) is 12.5 Å². The predicted octanol–water partition coefficient (Wildman–Crippen LogP) is 0.751. The molecule has 0 atom stereocenters. The Morgan fingerprint density at radius 2 is 2.31 bits per heavy atom. The first-order valence-electron chi connectivity index (χ1n) is 5.04. The van der Waals surface area contributed by atoms with Gasteiger partial charge in [-0.1, -0.05) is 6.07 Å². The molecule has 1 N–H and O–H groups in total. The van der Waals surface area contributed by atoms with E-state index in [-0.39, 0.29) is 23.6 Å². The fourth-order valence-electron chi connectivity index (χ4n) is 1.33. The summed E-state index contributed by atoms with van der Waals surface area (Å²) in [5.41, 5.74) is -0.0468. The van der Waals surface area contributed by atoms with Crippen molar-refractivity contribution >= 4 is 5.91 Å². The molecule has 0 saturated heterocycles. The van der Waals surface area contributed by atoms with Crippen LogP contribution in [-0.2, 0) is 0 Å². The number of carbonyl (C=O) groups excluding carboxylic acids is 1. The van der Waals surface area contributed by atoms with Crippen LogP contribution in [-0.4, -0.2) is 28.9 Å². The third kappa shape index (κ3) is 2.95. The summed E-state index contributed by atoms with van der Waals surface area (Å²) in [5.74, 6) is -0.254. The first kappa shape index (κ1) is 12.0. The number of pyridine rings is 1. The van der Waals surface area contributed by atoms with Gasteiger partial charge in [-0.15, -0.1) is 0 Å². The van der Waals surface area contributed by atoms with Crippen molar-refractivity contribution in [2.75, 3.05) is 13.1 Å². The fraction of sp³-hybridized carbons (Fsp3) is 0.364. The number of aromatic nitrogens is 1. The van der Waals surface area contributed by atoms with Crippen LogP contribution in [0.4, 0.5) is 0 Å². The Morgan fingerprint density at radius 1 is 1.56 bits per heavy atom. The number of rotatable bonds is 4. The second-order valence-electron chi connectivity index (χ2n) is 3.22. The van der Waals surface area contributed by atoms with Crippen LogP contribution in [0.1, 0.15) is 23.8 Å². The standard InChI is InChI=1S/C11H13N3O2/c1-2-14(8-4-7-12)11(16)9-5-3-6-10(15)13-9/h3,5-6H,2,4,8H2,1H3,(H,13,15). The second-order valence-corrected chi connectivity index (χ2v) is 3.22. The molecule has 5 heteroatoms. The number of carbonyl (C=O) groups is 1. The van der Waals surface area contributed by atoms with Gasteiger partial charge in [0.15, 0.2) is 0 Å². The third-order valence-electron chi connectivity index (χ3n) is 2.16. The normalized spacial score (nSPS) is 9.50. The summed E-state index contributed by atoms with van der Waals surface area (Å²) in [7, 11) is 0. The van der Waals surface area contributed by atoms with Crippen LogP contribution >= 0.6 is 0 Å². The van der Waals surface area contributed by atoms with E-state index in [1.54, 1.807) is 6.07 Å². The number of amides is 1. The maximum atomic E-state index is 11.9. The highest BCUT2D eigenvalue weighted by molar-refractivity contribution is 5.92. The van der Waals surface area contributed by atoms with E-state index in [9.17, 15) is 9.59 Å². The SMILES string of the molecule is CCN(CCC#N)C(=O)c1cccc(=O)[nH]1. The molecule has 84 valence electrons. The molecule has 1 aromatic rings. The summed E-state index contributed by atoms with van der Waals surface area (Å²) >= 11 is 0. The zero-order valence-corrected chi connectivity index (χ0v) is 9.06. The quantitative estimate of drug-likeness (QED) is 0.811. The molecular weight excluding hydrogens is 206 g/mol. The average Bonchev–Trinajstić information content (AvgIpc) is 2.29. The Labute approximate surface area is 93.3 Å². The van der Waals surface area contributed by atoms with Crippen molar-refractivity contribution in [2.24, 2.45) is 0 Å². The van der Waals surface area contributed by atoms with Gasteiger partial charge < -0.3 is 9.88 Å². The van der Waals surface area contributed by atoms with Crippen molar-refractivity contribution in [1.82, 2.24) is 9.88 Å². The highest BCUT2D eigenvalue weighted by Gasteiger charge is 2.13. The molecule has 0 aliphatic heterocycles. The monoisotopic (exact) mass is 219 g/mol. The highest BCUT2D eigenvalue weighted by atomic mass is 16.2. The predicted molar refractivity (Wildman–Crippen MR) is 58.9 cm³/mol. The van der Waals surface area contributed by atoms with E-state index in [4.69, 9.17) is 5.26 Å². The van der Waals surface area contributed by atoms with Gasteiger partial charge in [-0.05, 0) is 13.0 Å². The molecule has 1 rings (SSSR count). The molecule has 0 aliphatic rings. The van der Waals surface area contributed by atoms with Crippen molar-refractivity contribution in [3.05, 3.63) is 34.2 Å². The number of hydrogen-bond acceptors (Lipinski definition) is 3. The Balaban J connectivity index is 2.83. The van der Waals surface area contributed by atoms with Crippen LogP contribution in [0.5, 0.6) is 0 Å². The molecule has 0 aliphatic carbocycles. The molecule has 0 bridgehead atoms. The van der Waals surface area contributed by atoms with Crippen LogP contribution in [0.3, 0.4) is 0 Å². The van der Waals surface area contributed by atoms with Gasteiger partial charge in [0.25, 0.3) is 5.91 Å². The van der Waals surface area contributed by atoms with Gasteiger partial charge in [-0.3, -0.25) is 9.59 Å². The number of nitrogens with zero attached hydrogens (tertiary/aromatic N) is 2. The van der Waals surface area contributed by atoms with Crippen molar-refractivity contribution in [1.29, 1.82) is 5.26 Å². The van der Waals surface area contributed by atoms with Crippen LogP contribution in [0, 0.1) is 11.3 Å². The minimum absolute atomic E-state index is 0.254. The van der Waals surface area contributed by atoms with Crippen LogP contribution < -0.4 is 5.56 Å². The largest absolute Gasteiger partial charge is 0.337 e. The maximum Gasteiger partial charge on any atom is 0.270 e. The van der Waals surface area contributed by atoms with E-state index < -0.39 is 0 Å².